The average Bonchev–Trinajstić information content (AvgIpc) is 3.12. The lowest BCUT2D eigenvalue weighted by molar-refractivity contribution is -0.133. The first kappa shape index (κ1) is 19.7. The number of carbonyl (C=O) groups is 2. The Labute approximate surface area is 161 Å². The van der Waals surface area contributed by atoms with Crippen LogP contribution >= 0.6 is 0 Å². The number of likely N-dealkylation sites (tertiary alicyclic amines) is 1. The van der Waals surface area contributed by atoms with Crippen molar-refractivity contribution < 1.29 is 18.8 Å². The van der Waals surface area contributed by atoms with Gasteiger partial charge >= 0.3 is 6.09 Å². The maximum Gasteiger partial charge on any atom is 0.410 e. The molecular weight excluding hydrogens is 346 g/mol. The van der Waals surface area contributed by atoms with E-state index in [-0.39, 0.29) is 12.0 Å². The van der Waals surface area contributed by atoms with Crippen LogP contribution in [0.3, 0.4) is 0 Å². The van der Waals surface area contributed by atoms with Gasteiger partial charge in [-0.1, -0.05) is 31.3 Å². The van der Waals surface area contributed by atoms with Gasteiger partial charge in [0.15, 0.2) is 0 Å². The van der Waals surface area contributed by atoms with Gasteiger partial charge < -0.3 is 19.1 Å². The van der Waals surface area contributed by atoms with Crippen molar-refractivity contribution in [2.75, 3.05) is 26.2 Å². The number of amides is 2. The van der Waals surface area contributed by atoms with E-state index < -0.39 is 5.60 Å². The van der Waals surface area contributed by atoms with Crippen LogP contribution < -0.4 is 0 Å². The van der Waals surface area contributed by atoms with Crippen molar-refractivity contribution in [2.24, 2.45) is 0 Å². The van der Waals surface area contributed by atoms with Gasteiger partial charge in [0.05, 0.1) is 18.7 Å². The molecule has 0 aromatic carbocycles. The molecular formula is C20H31N3O4. The first-order chi connectivity index (χ1) is 12.9. The standard InChI is InChI=1S/C20H31N3O4/c1-4-5-6-7-10-23-14-20(26-19(23)25)8-11-22(12-9-20)18(24)13-17-15(2)21-27-16(17)3/h4-14H2,1-3H3. The molecule has 27 heavy (non-hydrogen) atoms. The molecule has 2 aliphatic heterocycles. The summed E-state index contributed by atoms with van der Waals surface area (Å²) < 4.78 is 10.9. The molecule has 0 bridgehead atoms. The second-order valence-electron chi connectivity index (χ2n) is 7.89. The van der Waals surface area contributed by atoms with Crippen LogP contribution in [0.1, 0.15) is 62.5 Å². The fourth-order valence-corrected chi connectivity index (χ4v) is 4.04. The SMILES string of the molecule is CCCCCCN1CC2(CCN(C(=O)Cc3c(C)noc3C)CC2)OC1=O. The Morgan fingerprint density at radius 3 is 2.56 bits per heavy atom. The van der Waals surface area contributed by atoms with E-state index in [2.05, 4.69) is 12.1 Å². The number of nitrogens with zero attached hydrogens (tertiary/aromatic N) is 3. The Morgan fingerprint density at radius 1 is 1.19 bits per heavy atom. The zero-order valence-corrected chi connectivity index (χ0v) is 16.8. The normalized spacial score (nSPS) is 19.0. The highest BCUT2D eigenvalue weighted by atomic mass is 16.6. The van der Waals surface area contributed by atoms with E-state index in [9.17, 15) is 9.59 Å². The van der Waals surface area contributed by atoms with Gasteiger partial charge in [0, 0.05) is 38.0 Å². The number of aromatic nitrogens is 1. The summed E-state index contributed by atoms with van der Waals surface area (Å²) in [6, 6.07) is 0. The lowest BCUT2D eigenvalue weighted by Crippen LogP contribution is -2.49. The van der Waals surface area contributed by atoms with Crippen molar-refractivity contribution in [2.45, 2.75) is 71.3 Å². The molecule has 3 heterocycles. The summed E-state index contributed by atoms with van der Waals surface area (Å²) in [7, 11) is 0. The Bertz CT molecular complexity index is 657. The lowest BCUT2D eigenvalue weighted by atomic mass is 9.91. The number of carbonyl (C=O) groups excluding carboxylic acids is 2. The van der Waals surface area contributed by atoms with Crippen molar-refractivity contribution in [1.29, 1.82) is 0 Å². The smallest absolute Gasteiger partial charge is 0.410 e. The molecule has 0 aliphatic carbocycles. The van der Waals surface area contributed by atoms with E-state index in [1.54, 1.807) is 0 Å². The number of ether oxygens (including phenoxy) is 1. The second kappa shape index (κ2) is 8.31. The van der Waals surface area contributed by atoms with Crippen LogP contribution in [0, 0.1) is 13.8 Å². The minimum atomic E-state index is -0.415. The predicted molar refractivity (Wildman–Crippen MR) is 100 cm³/mol. The fraction of sp³-hybridized carbons (Fsp3) is 0.750. The number of unbranched alkanes of at least 4 members (excludes halogenated alkanes) is 3. The molecule has 0 unspecified atom stereocenters. The summed E-state index contributed by atoms with van der Waals surface area (Å²) in [5.41, 5.74) is 1.24. The number of rotatable bonds is 7. The highest BCUT2D eigenvalue weighted by Gasteiger charge is 2.47. The lowest BCUT2D eigenvalue weighted by Gasteiger charge is -2.37. The Hall–Kier alpha value is -2.05. The van der Waals surface area contributed by atoms with E-state index in [0.717, 1.165) is 30.6 Å². The number of hydrogen-bond donors (Lipinski definition) is 0. The molecule has 7 nitrogen and oxygen atoms in total. The minimum Gasteiger partial charge on any atom is -0.441 e. The van der Waals surface area contributed by atoms with Crippen LogP contribution in [0.5, 0.6) is 0 Å². The van der Waals surface area contributed by atoms with Gasteiger partial charge in [-0.25, -0.2) is 4.79 Å². The fourth-order valence-electron chi connectivity index (χ4n) is 4.04. The summed E-state index contributed by atoms with van der Waals surface area (Å²) in [5.74, 6) is 0.790. The van der Waals surface area contributed by atoms with Gasteiger partial charge in [-0.15, -0.1) is 0 Å². The molecule has 1 aromatic rings. The molecule has 2 amide bonds. The zero-order chi connectivity index (χ0) is 19.4. The van der Waals surface area contributed by atoms with Crippen molar-refractivity contribution in [3.05, 3.63) is 17.0 Å². The van der Waals surface area contributed by atoms with E-state index in [0.29, 0.717) is 44.7 Å². The largest absolute Gasteiger partial charge is 0.441 e. The van der Waals surface area contributed by atoms with Crippen LogP contribution in [-0.4, -0.2) is 58.7 Å². The van der Waals surface area contributed by atoms with Gasteiger partial charge in [-0.2, -0.15) is 0 Å². The predicted octanol–water partition coefficient (Wildman–Crippen LogP) is 3.23. The van der Waals surface area contributed by atoms with Crippen molar-refractivity contribution in [3.8, 4) is 0 Å². The third kappa shape index (κ3) is 4.45. The Kier molecular flexibility index (Phi) is 6.07. The topological polar surface area (TPSA) is 75.9 Å². The molecule has 1 aromatic heterocycles. The van der Waals surface area contributed by atoms with Gasteiger partial charge in [-0.3, -0.25) is 4.79 Å². The maximum atomic E-state index is 12.6. The quantitative estimate of drug-likeness (QED) is 0.682. The first-order valence-corrected chi connectivity index (χ1v) is 10.1. The number of aryl methyl sites for hydroxylation is 2. The van der Waals surface area contributed by atoms with Crippen molar-refractivity contribution in [3.63, 3.8) is 0 Å². The van der Waals surface area contributed by atoms with Crippen LogP contribution in [-0.2, 0) is 16.0 Å². The molecule has 0 saturated carbocycles. The highest BCUT2D eigenvalue weighted by molar-refractivity contribution is 5.79. The summed E-state index contributed by atoms with van der Waals surface area (Å²) in [5, 5.41) is 3.92. The van der Waals surface area contributed by atoms with Gasteiger partial charge in [0.25, 0.3) is 0 Å². The third-order valence-corrected chi connectivity index (χ3v) is 5.86. The summed E-state index contributed by atoms with van der Waals surface area (Å²) >= 11 is 0. The van der Waals surface area contributed by atoms with Gasteiger partial charge in [-0.05, 0) is 20.3 Å². The average molecular weight is 377 g/mol. The molecule has 0 radical (unpaired) electrons. The molecule has 1 spiro atoms. The molecule has 2 fully saturated rings. The molecule has 2 saturated heterocycles. The van der Waals surface area contributed by atoms with E-state index in [4.69, 9.17) is 9.26 Å². The second-order valence-corrected chi connectivity index (χ2v) is 7.89. The van der Waals surface area contributed by atoms with Crippen molar-refractivity contribution in [1.82, 2.24) is 15.0 Å². The zero-order valence-electron chi connectivity index (χ0n) is 16.8. The van der Waals surface area contributed by atoms with Crippen LogP contribution in [0.2, 0.25) is 0 Å². The molecule has 0 N–H and O–H groups in total. The van der Waals surface area contributed by atoms with E-state index in [1.165, 1.54) is 12.8 Å². The minimum absolute atomic E-state index is 0.0833. The number of piperidine rings is 1. The Balaban J connectivity index is 1.49. The van der Waals surface area contributed by atoms with Crippen LogP contribution in [0.15, 0.2) is 4.52 Å². The van der Waals surface area contributed by atoms with Gasteiger partial charge in [0.1, 0.15) is 11.4 Å². The van der Waals surface area contributed by atoms with Gasteiger partial charge in [0.2, 0.25) is 5.91 Å². The van der Waals surface area contributed by atoms with E-state index in [1.807, 2.05) is 23.6 Å². The third-order valence-electron chi connectivity index (χ3n) is 5.86. The monoisotopic (exact) mass is 377 g/mol. The molecule has 150 valence electrons. The molecule has 3 rings (SSSR count). The maximum absolute atomic E-state index is 12.6. The molecule has 7 heteroatoms. The molecule has 0 atom stereocenters. The summed E-state index contributed by atoms with van der Waals surface area (Å²) in [4.78, 5) is 28.6. The van der Waals surface area contributed by atoms with E-state index >= 15 is 0 Å². The first-order valence-electron chi connectivity index (χ1n) is 10.1. The van der Waals surface area contributed by atoms with Crippen molar-refractivity contribution >= 4 is 12.0 Å². The van der Waals surface area contributed by atoms with Crippen LogP contribution in [0.4, 0.5) is 4.79 Å². The molecule has 2 aliphatic rings. The summed E-state index contributed by atoms with van der Waals surface area (Å²) in [6.45, 7) is 8.55. The highest BCUT2D eigenvalue weighted by Crippen LogP contribution is 2.33. The Morgan fingerprint density at radius 2 is 1.93 bits per heavy atom. The van der Waals surface area contributed by atoms with Crippen LogP contribution in [0.25, 0.3) is 0 Å². The summed E-state index contributed by atoms with van der Waals surface area (Å²) in [6.07, 6.45) is 6.11. The number of hydrogen-bond acceptors (Lipinski definition) is 5.